The summed E-state index contributed by atoms with van der Waals surface area (Å²) in [7, 11) is 0. The fraction of sp³-hybridized carbons (Fsp3) is 0.174. The van der Waals surface area contributed by atoms with E-state index in [0.717, 1.165) is 28.1 Å². The summed E-state index contributed by atoms with van der Waals surface area (Å²) in [5.74, 6) is 1.52. The third-order valence-electron chi connectivity index (χ3n) is 4.80. The first kappa shape index (κ1) is 18.1. The number of fused-ring (bicyclic) bond motifs is 1. The van der Waals surface area contributed by atoms with Gasteiger partial charge in [0.1, 0.15) is 11.3 Å². The molecule has 28 heavy (non-hydrogen) atoms. The van der Waals surface area contributed by atoms with Crippen molar-refractivity contribution >= 4 is 16.9 Å². The van der Waals surface area contributed by atoms with Gasteiger partial charge in [0.05, 0.1) is 12.3 Å². The second-order valence-corrected chi connectivity index (χ2v) is 6.82. The van der Waals surface area contributed by atoms with Crippen LogP contribution in [-0.2, 0) is 4.79 Å². The maximum atomic E-state index is 12.5. The Morgan fingerprint density at radius 1 is 1.00 bits per heavy atom. The monoisotopic (exact) mass is 375 g/mol. The molecule has 0 radical (unpaired) electrons. The Morgan fingerprint density at radius 2 is 1.79 bits per heavy atom. The van der Waals surface area contributed by atoms with Crippen LogP contribution >= 0.6 is 0 Å². The predicted molar refractivity (Wildman–Crippen MR) is 107 cm³/mol. The molecule has 0 aliphatic heterocycles. The van der Waals surface area contributed by atoms with Crippen molar-refractivity contribution in [2.45, 2.75) is 19.0 Å². The molecule has 0 aliphatic carbocycles. The Labute approximate surface area is 163 Å². The minimum atomic E-state index is -0.202. The van der Waals surface area contributed by atoms with Gasteiger partial charge in [0, 0.05) is 10.9 Å². The fourth-order valence-corrected chi connectivity index (χ4v) is 3.36. The normalized spacial score (nSPS) is 13.3. The summed E-state index contributed by atoms with van der Waals surface area (Å²) >= 11 is 0. The molecule has 4 rings (SSSR count). The number of rotatable bonds is 7. The Hall–Kier alpha value is -3.31. The van der Waals surface area contributed by atoms with Crippen molar-refractivity contribution in [1.29, 1.82) is 0 Å². The van der Waals surface area contributed by atoms with Gasteiger partial charge in [-0.2, -0.15) is 0 Å². The summed E-state index contributed by atoms with van der Waals surface area (Å²) in [6, 6.07) is 23.4. The lowest BCUT2D eigenvalue weighted by Crippen LogP contribution is -2.87. The molecule has 3 N–H and O–H groups in total. The minimum absolute atomic E-state index is 0.0551. The van der Waals surface area contributed by atoms with Gasteiger partial charge in [0.25, 0.3) is 5.91 Å². The van der Waals surface area contributed by atoms with E-state index in [1.54, 1.807) is 6.26 Å². The molecule has 2 heterocycles. The highest BCUT2D eigenvalue weighted by Crippen LogP contribution is 2.23. The van der Waals surface area contributed by atoms with Crippen molar-refractivity contribution in [1.82, 2.24) is 5.32 Å². The van der Waals surface area contributed by atoms with Gasteiger partial charge in [-0.25, -0.2) is 0 Å². The molecule has 0 unspecified atom stereocenters. The van der Waals surface area contributed by atoms with E-state index < -0.39 is 0 Å². The fourth-order valence-electron chi connectivity index (χ4n) is 3.36. The second-order valence-electron chi connectivity index (χ2n) is 6.82. The van der Waals surface area contributed by atoms with E-state index in [1.807, 2.05) is 85.0 Å². The molecule has 0 spiro atoms. The maximum absolute atomic E-state index is 12.5. The molecule has 0 bridgehead atoms. The standard InChI is InChI=1S/C23H22N2O3/c1-16(21-14-18-10-5-6-11-19(18)28-21)25-22(26)15-24-23(20-12-7-13-27-20)17-8-3-2-4-9-17/h2-14,16,23-24H,15H2,1H3,(H,25,26)/p+1/t16-,23+/m1/s1. The summed E-state index contributed by atoms with van der Waals surface area (Å²) in [6.07, 6.45) is 1.66. The Kier molecular flexibility index (Phi) is 5.26. The van der Waals surface area contributed by atoms with Crippen LogP contribution < -0.4 is 10.6 Å². The van der Waals surface area contributed by atoms with Crippen LogP contribution in [0.5, 0.6) is 0 Å². The molecule has 5 heteroatoms. The van der Waals surface area contributed by atoms with Crippen molar-refractivity contribution in [2.75, 3.05) is 6.54 Å². The SMILES string of the molecule is C[C@@H](NC(=O)C[NH2+][C@@H](c1ccccc1)c1ccco1)c1cc2ccccc2o1. The summed E-state index contributed by atoms with van der Waals surface area (Å²) in [5.41, 5.74) is 1.92. The summed E-state index contributed by atoms with van der Waals surface area (Å²) in [4.78, 5) is 12.5. The molecule has 2 aromatic heterocycles. The molecular weight excluding hydrogens is 352 g/mol. The van der Waals surface area contributed by atoms with E-state index in [0.29, 0.717) is 0 Å². The van der Waals surface area contributed by atoms with Gasteiger partial charge in [-0.05, 0) is 31.2 Å². The number of benzene rings is 2. The van der Waals surface area contributed by atoms with E-state index in [2.05, 4.69) is 5.32 Å². The van der Waals surface area contributed by atoms with E-state index in [9.17, 15) is 4.79 Å². The predicted octanol–water partition coefficient (Wildman–Crippen LogP) is 3.56. The molecule has 142 valence electrons. The average Bonchev–Trinajstić information content (AvgIpc) is 3.39. The van der Waals surface area contributed by atoms with Crippen LogP contribution in [0.15, 0.2) is 87.9 Å². The minimum Gasteiger partial charge on any atom is -0.463 e. The number of amides is 1. The van der Waals surface area contributed by atoms with Gasteiger partial charge in [0.2, 0.25) is 0 Å². The molecule has 0 saturated heterocycles. The summed E-state index contributed by atoms with van der Waals surface area (Å²) in [6.45, 7) is 2.21. The number of furan rings is 2. The molecule has 5 nitrogen and oxygen atoms in total. The first-order valence-electron chi connectivity index (χ1n) is 9.40. The zero-order valence-electron chi connectivity index (χ0n) is 15.7. The molecule has 0 fully saturated rings. The van der Waals surface area contributed by atoms with Crippen LogP contribution in [0.3, 0.4) is 0 Å². The maximum Gasteiger partial charge on any atom is 0.275 e. The lowest BCUT2D eigenvalue weighted by atomic mass is 10.0. The molecule has 1 amide bonds. The van der Waals surface area contributed by atoms with Crippen LogP contribution in [0.1, 0.15) is 36.1 Å². The van der Waals surface area contributed by atoms with E-state index in [-0.39, 0.29) is 24.5 Å². The third-order valence-corrected chi connectivity index (χ3v) is 4.80. The Balaban J connectivity index is 1.41. The average molecular weight is 375 g/mol. The van der Waals surface area contributed by atoms with Gasteiger partial charge in [-0.3, -0.25) is 4.79 Å². The highest BCUT2D eigenvalue weighted by atomic mass is 16.3. The first-order chi connectivity index (χ1) is 13.7. The van der Waals surface area contributed by atoms with Crippen LogP contribution in [0, 0.1) is 0 Å². The quantitative estimate of drug-likeness (QED) is 0.519. The molecule has 2 atom stereocenters. The van der Waals surface area contributed by atoms with Crippen LogP contribution in [0.2, 0.25) is 0 Å². The summed E-state index contributed by atoms with van der Waals surface area (Å²) < 4.78 is 11.4. The van der Waals surface area contributed by atoms with Crippen molar-refractivity contribution in [3.05, 3.63) is 96.1 Å². The van der Waals surface area contributed by atoms with E-state index in [1.165, 1.54) is 0 Å². The van der Waals surface area contributed by atoms with Crippen LogP contribution in [0.25, 0.3) is 11.0 Å². The topological polar surface area (TPSA) is 72.0 Å². The lowest BCUT2D eigenvalue weighted by Gasteiger charge is -2.15. The number of carbonyl (C=O) groups is 1. The van der Waals surface area contributed by atoms with Gasteiger partial charge < -0.3 is 19.5 Å². The number of hydrogen-bond donors (Lipinski definition) is 2. The number of nitrogens with two attached hydrogens (primary N) is 1. The zero-order chi connectivity index (χ0) is 19.3. The van der Waals surface area contributed by atoms with Crippen molar-refractivity contribution in [3.63, 3.8) is 0 Å². The number of hydrogen-bond acceptors (Lipinski definition) is 3. The molecule has 0 saturated carbocycles. The number of para-hydroxylation sites is 1. The van der Waals surface area contributed by atoms with Gasteiger partial charge >= 0.3 is 0 Å². The van der Waals surface area contributed by atoms with E-state index in [4.69, 9.17) is 8.83 Å². The van der Waals surface area contributed by atoms with Crippen molar-refractivity contribution in [3.8, 4) is 0 Å². The Morgan fingerprint density at radius 3 is 2.54 bits per heavy atom. The highest BCUT2D eigenvalue weighted by Gasteiger charge is 2.22. The largest absolute Gasteiger partial charge is 0.463 e. The molecular formula is C23H23N2O3+. The van der Waals surface area contributed by atoms with E-state index >= 15 is 0 Å². The smallest absolute Gasteiger partial charge is 0.275 e. The molecule has 4 aromatic rings. The second kappa shape index (κ2) is 8.15. The van der Waals surface area contributed by atoms with Gasteiger partial charge in [-0.1, -0.05) is 48.5 Å². The van der Waals surface area contributed by atoms with Gasteiger partial charge in [0.15, 0.2) is 18.3 Å². The van der Waals surface area contributed by atoms with Crippen molar-refractivity contribution < 1.29 is 18.9 Å². The third kappa shape index (κ3) is 4.00. The lowest BCUT2D eigenvalue weighted by molar-refractivity contribution is -0.678. The number of carbonyl (C=O) groups excluding carboxylic acids is 1. The molecule has 0 aliphatic rings. The number of quaternary nitrogens is 1. The highest BCUT2D eigenvalue weighted by molar-refractivity contribution is 5.79. The Bertz CT molecular complexity index is 1010. The summed E-state index contributed by atoms with van der Waals surface area (Å²) in [5, 5.41) is 6.03. The number of nitrogens with one attached hydrogen (secondary N) is 1. The van der Waals surface area contributed by atoms with Crippen LogP contribution in [-0.4, -0.2) is 12.5 Å². The van der Waals surface area contributed by atoms with Crippen LogP contribution in [0.4, 0.5) is 0 Å². The first-order valence-corrected chi connectivity index (χ1v) is 9.40. The van der Waals surface area contributed by atoms with Gasteiger partial charge in [-0.15, -0.1) is 0 Å². The zero-order valence-corrected chi connectivity index (χ0v) is 15.7. The molecule has 2 aromatic carbocycles. The van der Waals surface area contributed by atoms with Crippen molar-refractivity contribution in [2.24, 2.45) is 0 Å².